The minimum absolute atomic E-state index is 0.209. The fourth-order valence-electron chi connectivity index (χ4n) is 2.52. The molecule has 4 rings (SSSR count). The molecule has 0 radical (unpaired) electrons. The maximum absolute atomic E-state index is 12.4. The monoisotopic (exact) mass is 412 g/mol. The number of hydrogen-bond donors (Lipinski definition) is 1. The Morgan fingerprint density at radius 3 is 2.67 bits per heavy atom. The summed E-state index contributed by atoms with van der Waals surface area (Å²) in [6.45, 7) is 1.77. The molecule has 8 heteroatoms. The summed E-state index contributed by atoms with van der Waals surface area (Å²) >= 11 is 8.60. The summed E-state index contributed by atoms with van der Waals surface area (Å²) in [6.07, 6.45) is 0. The van der Waals surface area contributed by atoms with E-state index in [0.717, 1.165) is 33.4 Å². The van der Waals surface area contributed by atoms with Gasteiger partial charge in [-0.15, -0.1) is 16.4 Å². The Morgan fingerprint density at radius 2 is 1.93 bits per heavy atom. The highest BCUT2D eigenvalue weighted by Crippen LogP contribution is 2.30. The van der Waals surface area contributed by atoms with Gasteiger partial charge in [0.2, 0.25) is 0 Å². The lowest BCUT2D eigenvalue weighted by Gasteiger charge is -2.05. The molecule has 2 aromatic carbocycles. The summed E-state index contributed by atoms with van der Waals surface area (Å²) in [4.78, 5) is 17.6. The third-order valence-electron chi connectivity index (χ3n) is 3.87. The molecular formula is C19H13ClN4OS2. The van der Waals surface area contributed by atoms with E-state index in [1.165, 1.54) is 0 Å². The van der Waals surface area contributed by atoms with Crippen molar-refractivity contribution in [3.8, 4) is 21.8 Å². The number of thiazole rings is 1. The first-order chi connectivity index (χ1) is 13.1. The van der Waals surface area contributed by atoms with Crippen molar-refractivity contribution >= 4 is 46.1 Å². The maximum atomic E-state index is 12.4. The fraction of sp³-hybridized carbons (Fsp3) is 0.0526. The molecule has 5 nitrogen and oxygen atoms in total. The van der Waals surface area contributed by atoms with Crippen LogP contribution in [-0.2, 0) is 0 Å². The van der Waals surface area contributed by atoms with Crippen LogP contribution in [0.5, 0.6) is 0 Å². The van der Waals surface area contributed by atoms with Gasteiger partial charge in [0.1, 0.15) is 9.88 Å². The third-order valence-corrected chi connectivity index (χ3v) is 5.84. The second-order valence-electron chi connectivity index (χ2n) is 5.77. The zero-order valence-corrected chi connectivity index (χ0v) is 16.5. The van der Waals surface area contributed by atoms with Crippen molar-refractivity contribution in [2.45, 2.75) is 6.92 Å². The van der Waals surface area contributed by atoms with Crippen molar-refractivity contribution in [2.24, 2.45) is 0 Å². The van der Waals surface area contributed by atoms with Gasteiger partial charge in [-0.2, -0.15) is 0 Å². The van der Waals surface area contributed by atoms with Crippen LogP contribution in [0.2, 0.25) is 5.02 Å². The Morgan fingerprint density at radius 1 is 1.11 bits per heavy atom. The summed E-state index contributed by atoms with van der Waals surface area (Å²) in [5, 5.41) is 10.4. The van der Waals surface area contributed by atoms with Crippen LogP contribution in [-0.4, -0.2) is 20.5 Å². The standard InChI is InChI=1S/C19H13ClN4OS2/c1-11-17(27-24-23-11)18(25)21-15-4-2-3-13(9-15)16-10-26-19(22-16)12-5-7-14(20)8-6-12/h2-10H,1H3,(H,21,25). The normalized spacial score (nSPS) is 10.7. The van der Waals surface area contributed by atoms with Gasteiger partial charge < -0.3 is 5.32 Å². The number of carbonyl (C=O) groups excluding carboxylic acids is 1. The van der Waals surface area contributed by atoms with Gasteiger partial charge in [0, 0.05) is 27.2 Å². The molecule has 0 saturated heterocycles. The Bertz CT molecular complexity index is 1100. The van der Waals surface area contributed by atoms with Crippen LogP contribution in [0.1, 0.15) is 15.4 Å². The molecule has 0 bridgehead atoms. The first-order valence-corrected chi connectivity index (χ1v) is 10.1. The smallest absolute Gasteiger partial charge is 0.269 e. The van der Waals surface area contributed by atoms with Crippen molar-refractivity contribution in [3.63, 3.8) is 0 Å². The molecule has 1 N–H and O–H groups in total. The van der Waals surface area contributed by atoms with Gasteiger partial charge in [-0.3, -0.25) is 4.79 Å². The highest BCUT2D eigenvalue weighted by Gasteiger charge is 2.14. The number of aromatic nitrogens is 3. The molecule has 1 amide bonds. The predicted molar refractivity (Wildman–Crippen MR) is 111 cm³/mol. The SMILES string of the molecule is Cc1nnsc1C(=O)Nc1cccc(-c2csc(-c3ccc(Cl)cc3)n2)c1. The second-order valence-corrected chi connectivity index (χ2v) is 7.82. The van der Waals surface area contributed by atoms with E-state index in [1.54, 1.807) is 18.3 Å². The van der Waals surface area contributed by atoms with Crippen LogP contribution in [0, 0.1) is 6.92 Å². The summed E-state index contributed by atoms with van der Waals surface area (Å²) in [5.74, 6) is -0.209. The van der Waals surface area contributed by atoms with E-state index in [2.05, 4.69) is 14.9 Å². The Hall–Kier alpha value is -2.61. The second kappa shape index (κ2) is 7.56. The van der Waals surface area contributed by atoms with Crippen LogP contribution in [0.3, 0.4) is 0 Å². The number of carbonyl (C=O) groups is 1. The minimum atomic E-state index is -0.209. The summed E-state index contributed by atoms with van der Waals surface area (Å²) in [7, 11) is 0. The van der Waals surface area contributed by atoms with Gasteiger partial charge in [0.05, 0.1) is 11.4 Å². The molecule has 0 fully saturated rings. The lowest BCUT2D eigenvalue weighted by Crippen LogP contribution is -2.11. The molecule has 2 aromatic heterocycles. The number of hydrogen-bond acceptors (Lipinski definition) is 6. The van der Waals surface area contributed by atoms with E-state index >= 15 is 0 Å². The molecule has 0 spiro atoms. The van der Waals surface area contributed by atoms with Gasteiger partial charge in [-0.1, -0.05) is 40.4 Å². The number of aryl methyl sites for hydroxylation is 1. The van der Waals surface area contributed by atoms with Crippen LogP contribution >= 0.6 is 34.5 Å². The number of anilines is 1. The predicted octanol–water partition coefficient (Wildman–Crippen LogP) is 5.54. The lowest BCUT2D eigenvalue weighted by atomic mass is 10.1. The Labute approximate surface area is 168 Å². The van der Waals surface area contributed by atoms with Crippen LogP contribution in [0.4, 0.5) is 5.69 Å². The molecule has 0 unspecified atom stereocenters. The number of amides is 1. The van der Waals surface area contributed by atoms with Gasteiger partial charge in [0.15, 0.2) is 0 Å². The zero-order valence-electron chi connectivity index (χ0n) is 14.1. The number of rotatable bonds is 4. The third kappa shape index (κ3) is 3.90. The Balaban J connectivity index is 1.57. The molecule has 0 aliphatic rings. The molecule has 27 heavy (non-hydrogen) atoms. The van der Waals surface area contributed by atoms with Crippen LogP contribution < -0.4 is 5.32 Å². The maximum Gasteiger partial charge on any atom is 0.269 e. The summed E-state index contributed by atoms with van der Waals surface area (Å²) < 4.78 is 3.80. The molecule has 0 atom stereocenters. The van der Waals surface area contributed by atoms with E-state index in [1.807, 2.05) is 53.9 Å². The number of nitrogens with one attached hydrogen (secondary N) is 1. The topological polar surface area (TPSA) is 67.8 Å². The molecule has 2 heterocycles. The van der Waals surface area contributed by atoms with Crippen molar-refractivity contribution in [2.75, 3.05) is 5.32 Å². The van der Waals surface area contributed by atoms with Gasteiger partial charge in [0.25, 0.3) is 5.91 Å². The van der Waals surface area contributed by atoms with E-state index in [9.17, 15) is 4.79 Å². The lowest BCUT2D eigenvalue weighted by molar-refractivity contribution is 0.103. The van der Waals surface area contributed by atoms with E-state index < -0.39 is 0 Å². The number of halogens is 1. The van der Waals surface area contributed by atoms with Gasteiger partial charge in [-0.05, 0) is 42.7 Å². The first-order valence-electron chi connectivity index (χ1n) is 8.02. The number of nitrogens with zero attached hydrogens (tertiary/aromatic N) is 3. The molecule has 0 aliphatic heterocycles. The molecule has 0 aliphatic carbocycles. The zero-order chi connectivity index (χ0) is 18.8. The molecule has 0 saturated carbocycles. The highest BCUT2D eigenvalue weighted by atomic mass is 35.5. The molecular weight excluding hydrogens is 400 g/mol. The van der Waals surface area contributed by atoms with Crippen LogP contribution in [0.15, 0.2) is 53.9 Å². The summed E-state index contributed by atoms with van der Waals surface area (Å²) in [6, 6.07) is 15.2. The van der Waals surface area contributed by atoms with E-state index in [-0.39, 0.29) is 5.91 Å². The quantitative estimate of drug-likeness (QED) is 0.477. The van der Waals surface area contributed by atoms with Crippen molar-refractivity contribution in [1.82, 2.24) is 14.6 Å². The van der Waals surface area contributed by atoms with E-state index in [4.69, 9.17) is 16.6 Å². The van der Waals surface area contributed by atoms with Crippen LogP contribution in [0.25, 0.3) is 21.8 Å². The van der Waals surface area contributed by atoms with Crippen molar-refractivity contribution in [3.05, 3.63) is 69.5 Å². The highest BCUT2D eigenvalue weighted by molar-refractivity contribution is 7.13. The van der Waals surface area contributed by atoms with Gasteiger partial charge >= 0.3 is 0 Å². The number of benzene rings is 2. The largest absolute Gasteiger partial charge is 0.321 e. The average Bonchev–Trinajstić information content (AvgIpc) is 3.32. The average molecular weight is 413 g/mol. The fourth-order valence-corrected chi connectivity index (χ4v) is 4.03. The van der Waals surface area contributed by atoms with Crippen molar-refractivity contribution in [1.29, 1.82) is 0 Å². The van der Waals surface area contributed by atoms with E-state index in [0.29, 0.717) is 21.3 Å². The molecule has 134 valence electrons. The molecule has 4 aromatic rings. The van der Waals surface area contributed by atoms with Crippen molar-refractivity contribution < 1.29 is 4.79 Å². The van der Waals surface area contributed by atoms with Gasteiger partial charge in [-0.25, -0.2) is 4.98 Å². The minimum Gasteiger partial charge on any atom is -0.321 e. The summed E-state index contributed by atoms with van der Waals surface area (Å²) in [5.41, 5.74) is 4.14. The first kappa shape index (κ1) is 17.8. The Kier molecular flexibility index (Phi) is 4.98.